The van der Waals surface area contributed by atoms with Crippen LogP contribution in [-0.2, 0) is 12.0 Å². The average molecular weight is 354 g/mol. The second-order valence-corrected chi connectivity index (χ2v) is 6.01. The van der Waals surface area contributed by atoms with E-state index < -0.39 is 11.6 Å². The minimum Gasteiger partial charge on any atom is -0.489 e. The lowest BCUT2D eigenvalue weighted by atomic mass is 9.82. The number of aryl methyl sites for hydroxylation is 1. The molecule has 0 saturated heterocycles. The summed E-state index contributed by atoms with van der Waals surface area (Å²) in [5.41, 5.74) is -1.54. The molecule has 0 aliphatic heterocycles. The van der Waals surface area contributed by atoms with Crippen LogP contribution in [0.3, 0.4) is 0 Å². The van der Waals surface area contributed by atoms with Gasteiger partial charge in [0.05, 0.1) is 6.07 Å². The summed E-state index contributed by atoms with van der Waals surface area (Å²) in [6.07, 6.45) is -4.73. The first-order valence-electron chi connectivity index (χ1n) is 7.14. The Balaban J connectivity index is 2.34. The highest BCUT2D eigenvalue weighted by atomic mass is 35.5. The molecule has 0 amide bonds. The molecule has 6 heteroatoms. The lowest BCUT2D eigenvalue weighted by Crippen LogP contribution is -2.38. The topological polar surface area (TPSA) is 33.0 Å². The van der Waals surface area contributed by atoms with E-state index in [0.717, 1.165) is 12.5 Å². The minimum atomic E-state index is -4.73. The minimum absolute atomic E-state index is 0.148. The van der Waals surface area contributed by atoms with Crippen molar-refractivity contribution in [3.8, 4) is 11.8 Å². The summed E-state index contributed by atoms with van der Waals surface area (Å²) >= 11 is 6.02. The van der Waals surface area contributed by atoms with Crippen LogP contribution in [0.1, 0.15) is 23.6 Å². The summed E-state index contributed by atoms with van der Waals surface area (Å²) in [6.45, 7) is 2.71. The summed E-state index contributed by atoms with van der Waals surface area (Å²) < 4.78 is 45.4. The summed E-state index contributed by atoms with van der Waals surface area (Å²) in [4.78, 5) is 0. The molecule has 0 heterocycles. The van der Waals surface area contributed by atoms with E-state index in [1.807, 2.05) is 30.3 Å². The van der Waals surface area contributed by atoms with E-state index in [1.165, 1.54) is 18.2 Å². The highest BCUT2D eigenvalue weighted by Gasteiger charge is 2.54. The van der Waals surface area contributed by atoms with Gasteiger partial charge in [-0.25, -0.2) is 0 Å². The molecule has 24 heavy (non-hydrogen) atoms. The van der Waals surface area contributed by atoms with Crippen molar-refractivity contribution >= 4 is 11.6 Å². The molecule has 1 unspecified atom stereocenters. The standard InChI is InChI=1S/C18H15ClF3NO/c1-12-8-14(17(2,11-23)18(20,21)22)15(19)9-16(12)24-10-13-6-4-3-5-7-13/h3-9H,10H2,1-2H3. The first-order valence-corrected chi connectivity index (χ1v) is 7.52. The van der Waals surface area contributed by atoms with E-state index in [-0.39, 0.29) is 17.2 Å². The van der Waals surface area contributed by atoms with Gasteiger partial charge in [0.2, 0.25) is 0 Å². The summed E-state index contributed by atoms with van der Waals surface area (Å²) in [6, 6.07) is 13.3. The third kappa shape index (κ3) is 3.49. The molecule has 0 fully saturated rings. The van der Waals surface area contributed by atoms with Crippen LogP contribution in [0.4, 0.5) is 13.2 Å². The fourth-order valence-corrected chi connectivity index (χ4v) is 2.56. The number of nitriles is 1. The third-order valence-corrected chi connectivity index (χ3v) is 4.14. The van der Waals surface area contributed by atoms with Crippen LogP contribution in [0.2, 0.25) is 5.02 Å². The Morgan fingerprint density at radius 1 is 1.17 bits per heavy atom. The summed E-state index contributed by atoms with van der Waals surface area (Å²) in [5, 5.41) is 8.90. The maximum Gasteiger partial charge on any atom is 0.410 e. The largest absolute Gasteiger partial charge is 0.489 e. The molecule has 126 valence electrons. The van der Waals surface area contributed by atoms with Gasteiger partial charge in [0, 0.05) is 10.6 Å². The molecule has 0 aliphatic carbocycles. The van der Waals surface area contributed by atoms with E-state index in [0.29, 0.717) is 11.3 Å². The third-order valence-electron chi connectivity index (χ3n) is 3.83. The maximum atomic E-state index is 13.3. The molecule has 0 spiro atoms. The Morgan fingerprint density at radius 2 is 1.79 bits per heavy atom. The number of alkyl halides is 3. The van der Waals surface area contributed by atoms with Gasteiger partial charge in [-0.1, -0.05) is 41.9 Å². The number of rotatable bonds is 4. The number of halogens is 4. The number of nitrogens with zero attached hydrogens (tertiary/aromatic N) is 1. The van der Waals surface area contributed by atoms with E-state index in [4.69, 9.17) is 21.6 Å². The molecular formula is C18H15ClF3NO. The van der Waals surface area contributed by atoms with Crippen molar-refractivity contribution in [1.29, 1.82) is 5.26 Å². The molecule has 0 radical (unpaired) electrons. The van der Waals surface area contributed by atoms with Crippen LogP contribution in [0, 0.1) is 18.3 Å². The number of hydrogen-bond donors (Lipinski definition) is 0. The fourth-order valence-electron chi connectivity index (χ4n) is 2.21. The van der Waals surface area contributed by atoms with Crippen LogP contribution < -0.4 is 4.74 Å². The summed E-state index contributed by atoms with van der Waals surface area (Å²) in [7, 11) is 0. The van der Waals surface area contributed by atoms with Crippen molar-refractivity contribution in [3.05, 3.63) is 64.2 Å². The lowest BCUT2D eigenvalue weighted by Gasteiger charge is -2.27. The van der Waals surface area contributed by atoms with Gasteiger partial charge in [-0.15, -0.1) is 0 Å². The van der Waals surface area contributed by atoms with Gasteiger partial charge in [0.25, 0.3) is 0 Å². The fraction of sp³-hybridized carbons (Fsp3) is 0.278. The normalized spacial score (nSPS) is 13.9. The number of ether oxygens (including phenoxy) is 1. The molecule has 2 aromatic carbocycles. The quantitative estimate of drug-likeness (QED) is 0.719. The second-order valence-electron chi connectivity index (χ2n) is 5.61. The van der Waals surface area contributed by atoms with Gasteiger partial charge in [0.15, 0.2) is 5.41 Å². The van der Waals surface area contributed by atoms with Crippen LogP contribution in [-0.4, -0.2) is 6.18 Å². The van der Waals surface area contributed by atoms with Crippen LogP contribution in [0.25, 0.3) is 0 Å². The summed E-state index contributed by atoms with van der Waals surface area (Å²) in [5.74, 6) is 0.384. The van der Waals surface area contributed by atoms with Crippen molar-refractivity contribution in [2.45, 2.75) is 32.0 Å². The Bertz CT molecular complexity index is 768. The van der Waals surface area contributed by atoms with Crippen molar-refractivity contribution in [3.63, 3.8) is 0 Å². The highest BCUT2D eigenvalue weighted by Crippen LogP contribution is 2.44. The molecule has 1 atom stereocenters. The zero-order chi connectivity index (χ0) is 18.0. The van der Waals surface area contributed by atoms with Crippen LogP contribution in [0.5, 0.6) is 5.75 Å². The molecule has 0 saturated carbocycles. The van der Waals surface area contributed by atoms with Gasteiger partial charge in [0.1, 0.15) is 12.4 Å². The molecule has 0 bridgehead atoms. The van der Waals surface area contributed by atoms with E-state index in [1.54, 1.807) is 6.92 Å². The van der Waals surface area contributed by atoms with E-state index in [2.05, 4.69) is 0 Å². The Kier molecular flexibility index (Phi) is 5.10. The van der Waals surface area contributed by atoms with Crippen molar-refractivity contribution in [2.75, 3.05) is 0 Å². The SMILES string of the molecule is Cc1cc(C(C)(C#N)C(F)(F)F)c(Cl)cc1OCc1ccccc1. The molecule has 2 rings (SSSR count). The predicted octanol–water partition coefficient (Wildman–Crippen LogP) is 5.57. The molecule has 0 aliphatic rings. The van der Waals surface area contributed by atoms with Gasteiger partial charge in [-0.05, 0) is 37.1 Å². The van der Waals surface area contributed by atoms with Crippen LogP contribution >= 0.6 is 11.6 Å². The maximum absolute atomic E-state index is 13.3. The lowest BCUT2D eigenvalue weighted by molar-refractivity contribution is -0.168. The first kappa shape index (κ1) is 18.2. The zero-order valence-electron chi connectivity index (χ0n) is 13.1. The second kappa shape index (κ2) is 6.74. The molecular weight excluding hydrogens is 339 g/mol. The van der Waals surface area contributed by atoms with Gasteiger partial charge >= 0.3 is 6.18 Å². The smallest absolute Gasteiger partial charge is 0.410 e. The Labute approximate surface area is 143 Å². The molecule has 0 N–H and O–H groups in total. The highest BCUT2D eigenvalue weighted by molar-refractivity contribution is 6.31. The number of benzene rings is 2. The predicted molar refractivity (Wildman–Crippen MR) is 86.0 cm³/mol. The van der Waals surface area contributed by atoms with Crippen LogP contribution in [0.15, 0.2) is 42.5 Å². The van der Waals surface area contributed by atoms with E-state index >= 15 is 0 Å². The van der Waals surface area contributed by atoms with Crippen molar-refractivity contribution < 1.29 is 17.9 Å². The molecule has 0 aromatic heterocycles. The van der Waals surface area contributed by atoms with Gasteiger partial charge in [-0.3, -0.25) is 0 Å². The monoisotopic (exact) mass is 353 g/mol. The van der Waals surface area contributed by atoms with Crippen molar-refractivity contribution in [1.82, 2.24) is 0 Å². The zero-order valence-corrected chi connectivity index (χ0v) is 13.9. The Morgan fingerprint density at radius 3 is 2.33 bits per heavy atom. The molecule has 2 nitrogen and oxygen atoms in total. The first-order chi connectivity index (χ1) is 11.2. The number of hydrogen-bond acceptors (Lipinski definition) is 2. The average Bonchev–Trinajstić information content (AvgIpc) is 2.54. The van der Waals surface area contributed by atoms with Gasteiger partial charge in [-0.2, -0.15) is 18.4 Å². The van der Waals surface area contributed by atoms with E-state index in [9.17, 15) is 13.2 Å². The van der Waals surface area contributed by atoms with Crippen molar-refractivity contribution in [2.24, 2.45) is 0 Å². The van der Waals surface area contributed by atoms with Gasteiger partial charge < -0.3 is 4.74 Å². The molecule has 2 aromatic rings. The Hall–Kier alpha value is -2.19.